The third-order valence-corrected chi connectivity index (χ3v) is 42.0. The SMILES string of the molecule is CC1(C)c2cc3c(cc2-c2c1cc(-c1ccc(-c4ccccc4)cc1)c1oc4cc(-c5cccc6c5sc5c(-c7cccc(-c8ccccc8)c7)cc7c(c56)-c5cc6c(cc5[Si]7(C)C)-c5c(cc(-c7cccc(-c8ccccc8)c7)c7sc8ccccc8c57)[Si]6(C)C)ccc4c21)[Si](C)(C)c1cc(-c2ccc(-c4ccccc4)cc2)c2oc4ccccc4c2c1-3. The fraction of sp³-hybridized carbons (Fsp3) is 0.0769. The van der Waals surface area contributed by atoms with E-state index in [-0.39, 0.29) is 0 Å². The van der Waals surface area contributed by atoms with Crippen LogP contribution in [0.5, 0.6) is 0 Å². The van der Waals surface area contributed by atoms with Crippen LogP contribution in [0.15, 0.2) is 361 Å². The van der Waals surface area contributed by atoms with Gasteiger partial charge in [-0.3, -0.25) is 0 Å². The van der Waals surface area contributed by atoms with Crippen molar-refractivity contribution in [3.8, 4) is 145 Å². The molecule has 0 bridgehead atoms. The highest BCUT2D eigenvalue weighted by Gasteiger charge is 2.49. The van der Waals surface area contributed by atoms with E-state index in [0.717, 1.165) is 60.9 Å². The fourth-order valence-corrected chi connectivity index (χ4v) is 34.5. The first-order chi connectivity index (χ1) is 60.5. The first kappa shape index (κ1) is 72.3. The zero-order valence-electron chi connectivity index (χ0n) is 70.1. The maximum absolute atomic E-state index is 7.77. The molecule has 0 N–H and O–H groups in total. The minimum atomic E-state index is -2.49. The lowest BCUT2D eigenvalue weighted by molar-refractivity contribution is 0.657. The molecule has 0 saturated carbocycles. The van der Waals surface area contributed by atoms with Crippen molar-refractivity contribution in [1.29, 1.82) is 0 Å². The maximum Gasteiger partial charge on any atom is 0.143 e. The lowest BCUT2D eigenvalue weighted by atomic mass is 9.80. The van der Waals surface area contributed by atoms with E-state index in [4.69, 9.17) is 8.83 Å². The van der Waals surface area contributed by atoms with Gasteiger partial charge in [-0.1, -0.05) is 356 Å². The van der Waals surface area contributed by atoms with Crippen LogP contribution in [-0.4, -0.2) is 24.2 Å². The van der Waals surface area contributed by atoms with Crippen molar-refractivity contribution < 1.29 is 8.83 Å². The second-order valence-corrected chi connectivity index (χ2v) is 52.2. The largest absolute Gasteiger partial charge is 0.455 e. The molecular formula is C117H82O2S2Si3. The second kappa shape index (κ2) is 26.1. The van der Waals surface area contributed by atoms with Crippen molar-refractivity contribution in [2.75, 3.05) is 0 Å². The Balaban J connectivity index is 0.666. The van der Waals surface area contributed by atoms with Gasteiger partial charge in [-0.2, -0.15) is 0 Å². The molecule has 7 heterocycles. The summed E-state index contributed by atoms with van der Waals surface area (Å²) in [4.78, 5) is 0. The van der Waals surface area contributed by atoms with Crippen LogP contribution in [0.3, 0.4) is 0 Å². The molecule has 7 heteroatoms. The number of thiophene rings is 2. The summed E-state index contributed by atoms with van der Waals surface area (Å²) in [5, 5.41) is 19.2. The molecule has 0 amide bonds. The summed E-state index contributed by atoms with van der Waals surface area (Å²) in [6.07, 6.45) is 0. The van der Waals surface area contributed by atoms with Gasteiger partial charge in [-0.25, -0.2) is 0 Å². The Morgan fingerprint density at radius 1 is 0.218 bits per heavy atom. The Hall–Kier alpha value is -13.3. The Bertz CT molecular complexity index is 8430. The van der Waals surface area contributed by atoms with Crippen molar-refractivity contribution in [2.45, 2.75) is 58.5 Å². The molecule has 0 atom stereocenters. The van der Waals surface area contributed by atoms with Crippen molar-refractivity contribution in [3.63, 3.8) is 0 Å². The Morgan fingerprint density at radius 3 is 1.15 bits per heavy atom. The van der Waals surface area contributed by atoms with Crippen LogP contribution in [-0.2, 0) is 5.41 Å². The van der Waals surface area contributed by atoms with E-state index < -0.39 is 29.6 Å². The summed E-state index contributed by atoms with van der Waals surface area (Å²) in [5.41, 5.74) is 38.8. The number of furan rings is 2. The quantitative estimate of drug-likeness (QED) is 0.135. The highest BCUT2D eigenvalue weighted by molar-refractivity contribution is 7.27. The average Bonchev–Trinajstić information content (AvgIpc) is 1.52. The molecule has 124 heavy (non-hydrogen) atoms. The van der Waals surface area contributed by atoms with Crippen LogP contribution in [0.2, 0.25) is 39.3 Å². The Kier molecular flexibility index (Phi) is 15.2. The van der Waals surface area contributed by atoms with Gasteiger partial charge in [-0.05, 0) is 224 Å². The van der Waals surface area contributed by atoms with Crippen LogP contribution in [0, 0.1) is 0 Å². The average molecular weight is 1670 g/mol. The molecule has 2 nitrogen and oxygen atoms in total. The standard InChI is InChI=1S/C117H82O2S2Si3/c1-117(2)93-60-90-98(122(3,4)101-61-86(74-52-48-72(49-53-74)68-30-15-10-16-31-68)113-109(105(90)101)81-40-21-23-44-95(81)118-113)64-89(93)104-94(117)59-85(73-50-46-71(47-51-73)67-28-13-9-14-29-67)112-108(104)82-55-54-79(58-96(82)119-112)80-42-27-43-84-111-107-92-66-99-91(65-100(92)124(7,8)103(107)63-88(116(111)121-114(80)84)78-39-26-37-76(57-78)70-34-19-12-20-35-70)106-102(123(99,5)6)62-87(115-110(106)83-41-22-24-45-97(83)120-115)77-38-25-36-75(56-77)69-32-17-11-18-33-69/h9-66H,1-8H3. The van der Waals surface area contributed by atoms with Crippen molar-refractivity contribution in [2.24, 2.45) is 0 Å². The molecular weight excluding hydrogens is 1590 g/mol. The van der Waals surface area contributed by atoms with E-state index in [1.165, 1.54) is 200 Å². The fourth-order valence-electron chi connectivity index (χ4n) is 22.7. The van der Waals surface area contributed by atoms with Crippen LogP contribution in [0.1, 0.15) is 25.0 Å². The van der Waals surface area contributed by atoms with Gasteiger partial charge in [0.05, 0.1) is 0 Å². The predicted molar refractivity (Wildman–Crippen MR) is 540 cm³/mol. The van der Waals surface area contributed by atoms with Gasteiger partial charge in [0, 0.05) is 78.4 Å². The van der Waals surface area contributed by atoms with E-state index in [1.54, 1.807) is 10.4 Å². The molecule has 1 aliphatic carbocycles. The van der Waals surface area contributed by atoms with Gasteiger partial charge in [0.1, 0.15) is 46.6 Å². The summed E-state index contributed by atoms with van der Waals surface area (Å²) in [6.45, 7) is 20.7. The van der Waals surface area contributed by atoms with Crippen molar-refractivity contribution in [1.82, 2.24) is 0 Å². The number of benzene rings is 18. The number of fused-ring (bicyclic) bond motifs is 28. The molecule has 26 rings (SSSR count). The van der Waals surface area contributed by atoms with E-state index in [9.17, 15) is 0 Å². The number of hydrogen-bond acceptors (Lipinski definition) is 4. The molecule has 18 aromatic carbocycles. The molecule has 3 aliphatic heterocycles. The molecule has 4 aromatic heterocycles. The predicted octanol–water partition coefficient (Wildman–Crippen LogP) is 29.9. The van der Waals surface area contributed by atoms with Gasteiger partial charge in [0.2, 0.25) is 0 Å². The normalized spacial score (nSPS) is 14.5. The zero-order chi connectivity index (χ0) is 82.7. The first-order valence-corrected chi connectivity index (χ1v) is 54.2. The molecule has 4 aliphatic rings. The highest BCUT2D eigenvalue weighted by Crippen LogP contribution is 2.59. The lowest BCUT2D eigenvalue weighted by Gasteiger charge is -2.24. The first-order valence-electron chi connectivity index (χ1n) is 43.6. The van der Waals surface area contributed by atoms with Crippen molar-refractivity contribution >= 4 is 162 Å². The Morgan fingerprint density at radius 2 is 0.581 bits per heavy atom. The van der Waals surface area contributed by atoms with Crippen LogP contribution in [0.25, 0.3) is 229 Å². The van der Waals surface area contributed by atoms with Crippen molar-refractivity contribution in [3.05, 3.63) is 363 Å². The summed E-state index contributed by atoms with van der Waals surface area (Å²) >= 11 is 3.95. The smallest absolute Gasteiger partial charge is 0.143 e. The van der Waals surface area contributed by atoms with E-state index in [2.05, 4.69) is 405 Å². The Labute approximate surface area is 731 Å². The second-order valence-electron chi connectivity index (χ2n) is 37.2. The summed E-state index contributed by atoms with van der Waals surface area (Å²) in [5.74, 6) is 0. The molecule has 22 aromatic rings. The third-order valence-electron chi connectivity index (χ3n) is 29.1. The molecule has 0 unspecified atom stereocenters. The molecule has 586 valence electrons. The summed E-state index contributed by atoms with van der Waals surface area (Å²) in [7, 11) is -7.38. The number of hydrogen-bond donors (Lipinski definition) is 0. The van der Waals surface area contributed by atoms with Crippen LogP contribution >= 0.6 is 22.7 Å². The molecule has 0 saturated heterocycles. The van der Waals surface area contributed by atoms with Gasteiger partial charge in [0.25, 0.3) is 0 Å². The van der Waals surface area contributed by atoms with Gasteiger partial charge in [-0.15, -0.1) is 22.7 Å². The van der Waals surface area contributed by atoms with E-state index >= 15 is 0 Å². The van der Waals surface area contributed by atoms with Gasteiger partial charge in [0.15, 0.2) is 0 Å². The van der Waals surface area contributed by atoms with Crippen LogP contribution < -0.4 is 31.1 Å². The lowest BCUT2D eigenvalue weighted by Crippen LogP contribution is -2.51. The summed E-state index contributed by atoms with van der Waals surface area (Å²) < 4.78 is 20.2. The maximum atomic E-state index is 7.77. The van der Waals surface area contributed by atoms with E-state index in [0.29, 0.717) is 0 Å². The minimum Gasteiger partial charge on any atom is -0.455 e. The van der Waals surface area contributed by atoms with Gasteiger partial charge >= 0.3 is 0 Å². The van der Waals surface area contributed by atoms with Gasteiger partial charge < -0.3 is 8.83 Å². The van der Waals surface area contributed by atoms with E-state index in [1.807, 2.05) is 22.7 Å². The third kappa shape index (κ3) is 10.2. The monoisotopic (exact) mass is 1670 g/mol. The molecule has 0 spiro atoms. The number of rotatable bonds is 9. The highest BCUT2D eigenvalue weighted by atomic mass is 32.1. The summed E-state index contributed by atoms with van der Waals surface area (Å²) in [6, 6.07) is 134. The topological polar surface area (TPSA) is 26.3 Å². The zero-order valence-corrected chi connectivity index (χ0v) is 74.8. The molecule has 0 radical (unpaired) electrons. The number of para-hydroxylation sites is 1. The minimum absolute atomic E-state index is 0.393. The molecule has 0 fully saturated rings. The van der Waals surface area contributed by atoms with Crippen LogP contribution in [0.4, 0.5) is 0 Å².